The average molecular weight is 341 g/mol. The lowest BCUT2D eigenvalue weighted by molar-refractivity contribution is 0.0949. The lowest BCUT2D eigenvalue weighted by Crippen LogP contribution is -2.43. The Balaban J connectivity index is 1.55. The van der Waals surface area contributed by atoms with Gasteiger partial charge >= 0.3 is 0 Å². The fourth-order valence-electron chi connectivity index (χ4n) is 3.03. The van der Waals surface area contributed by atoms with Gasteiger partial charge in [-0.2, -0.15) is 0 Å². The number of nitrogens with one attached hydrogen (secondary N) is 3. The molecular weight excluding hydrogens is 322 g/mol. The molecule has 1 saturated heterocycles. The zero-order valence-corrected chi connectivity index (χ0v) is 14.0. The van der Waals surface area contributed by atoms with Gasteiger partial charge in [0.2, 0.25) is 0 Å². The number of aromatic nitrogens is 3. The Labute approximate surface area is 143 Å². The molecule has 7 heteroatoms. The van der Waals surface area contributed by atoms with Gasteiger partial charge in [0, 0.05) is 18.8 Å². The van der Waals surface area contributed by atoms with E-state index < -0.39 is 0 Å². The van der Waals surface area contributed by atoms with Gasteiger partial charge in [0.15, 0.2) is 5.65 Å². The van der Waals surface area contributed by atoms with Gasteiger partial charge in [-0.25, -0.2) is 9.97 Å². The molecule has 4 rings (SSSR count). The largest absolute Gasteiger partial charge is 0.350 e. The molecule has 0 aliphatic carbocycles. The maximum atomic E-state index is 12.6. The second-order valence-electron chi connectivity index (χ2n) is 5.98. The summed E-state index contributed by atoms with van der Waals surface area (Å²) in [6.45, 7) is 1.68. The minimum atomic E-state index is -0.0981. The van der Waals surface area contributed by atoms with E-state index in [1.807, 2.05) is 17.5 Å². The summed E-state index contributed by atoms with van der Waals surface area (Å²) in [7, 11) is 0. The topological polar surface area (TPSA) is 82.7 Å². The fourth-order valence-corrected chi connectivity index (χ4v) is 3.70. The standard InChI is InChI=1S/C17H19N5OS/c23-17(20-10-11-4-1-2-7-18-11)12-6-8-19-16-14(12)21-15(22-16)13-5-3-9-24-13/h3,5-6,8-9,11,18H,1-2,4,7,10H2,(H,20,23)(H,19,21,22). The Kier molecular flexibility index (Phi) is 4.27. The number of aromatic amines is 1. The number of pyridine rings is 1. The number of carbonyl (C=O) groups is 1. The number of thiophene rings is 1. The quantitative estimate of drug-likeness (QED) is 0.681. The zero-order valence-electron chi connectivity index (χ0n) is 13.2. The molecule has 124 valence electrons. The molecule has 3 aromatic heterocycles. The van der Waals surface area contributed by atoms with Gasteiger partial charge in [0.1, 0.15) is 11.3 Å². The third kappa shape index (κ3) is 3.05. The third-order valence-electron chi connectivity index (χ3n) is 4.31. The van der Waals surface area contributed by atoms with Crippen molar-refractivity contribution >= 4 is 28.4 Å². The number of amides is 1. The van der Waals surface area contributed by atoms with Gasteiger partial charge < -0.3 is 15.6 Å². The first kappa shape index (κ1) is 15.3. The lowest BCUT2D eigenvalue weighted by atomic mass is 10.1. The summed E-state index contributed by atoms with van der Waals surface area (Å²) < 4.78 is 0. The van der Waals surface area contributed by atoms with Crippen LogP contribution in [0.15, 0.2) is 29.8 Å². The van der Waals surface area contributed by atoms with Crippen LogP contribution >= 0.6 is 11.3 Å². The van der Waals surface area contributed by atoms with Crippen LogP contribution in [0.4, 0.5) is 0 Å². The first-order chi connectivity index (χ1) is 11.8. The van der Waals surface area contributed by atoms with Gasteiger partial charge in [-0.3, -0.25) is 4.79 Å². The highest BCUT2D eigenvalue weighted by atomic mass is 32.1. The molecule has 24 heavy (non-hydrogen) atoms. The van der Waals surface area contributed by atoms with Crippen LogP contribution in [-0.2, 0) is 0 Å². The van der Waals surface area contributed by atoms with E-state index in [-0.39, 0.29) is 5.91 Å². The Bertz CT molecular complexity index is 836. The van der Waals surface area contributed by atoms with E-state index in [9.17, 15) is 4.79 Å². The number of hydrogen-bond acceptors (Lipinski definition) is 5. The Morgan fingerprint density at radius 1 is 1.38 bits per heavy atom. The second kappa shape index (κ2) is 6.70. The molecule has 6 nitrogen and oxygen atoms in total. The van der Waals surface area contributed by atoms with Crippen LogP contribution in [0.2, 0.25) is 0 Å². The molecule has 0 radical (unpaired) electrons. The molecule has 1 fully saturated rings. The Morgan fingerprint density at radius 2 is 2.33 bits per heavy atom. The third-order valence-corrected chi connectivity index (χ3v) is 5.18. The van der Waals surface area contributed by atoms with Crippen molar-refractivity contribution in [2.45, 2.75) is 25.3 Å². The first-order valence-corrected chi connectivity index (χ1v) is 9.09. The lowest BCUT2D eigenvalue weighted by Gasteiger charge is -2.23. The summed E-state index contributed by atoms with van der Waals surface area (Å²) in [6.07, 6.45) is 5.19. The van der Waals surface area contributed by atoms with E-state index in [2.05, 4.69) is 25.6 Å². The number of imidazole rings is 1. The molecule has 3 N–H and O–H groups in total. The highest BCUT2D eigenvalue weighted by Crippen LogP contribution is 2.25. The molecular formula is C17H19N5OS. The van der Waals surface area contributed by atoms with Crippen LogP contribution in [-0.4, -0.2) is 40.0 Å². The number of hydrogen-bond donors (Lipinski definition) is 3. The SMILES string of the molecule is O=C(NCC1CCCCN1)c1ccnc2[nH]c(-c3cccs3)nc12. The van der Waals surface area contributed by atoms with Crippen LogP contribution in [0.25, 0.3) is 21.9 Å². The van der Waals surface area contributed by atoms with Crippen molar-refractivity contribution in [1.29, 1.82) is 0 Å². The molecule has 0 bridgehead atoms. The van der Waals surface area contributed by atoms with Crippen LogP contribution in [0.5, 0.6) is 0 Å². The summed E-state index contributed by atoms with van der Waals surface area (Å²) in [5.41, 5.74) is 1.83. The summed E-state index contributed by atoms with van der Waals surface area (Å²) in [5.74, 6) is 0.653. The average Bonchev–Trinajstić information content (AvgIpc) is 3.29. The molecule has 1 amide bonds. The maximum Gasteiger partial charge on any atom is 0.253 e. The fraction of sp³-hybridized carbons (Fsp3) is 0.353. The smallest absolute Gasteiger partial charge is 0.253 e. The van der Waals surface area contributed by atoms with Crippen molar-refractivity contribution < 1.29 is 4.79 Å². The second-order valence-corrected chi connectivity index (χ2v) is 6.92. The summed E-state index contributed by atoms with van der Waals surface area (Å²) in [6, 6.07) is 6.06. The molecule has 1 atom stereocenters. The molecule has 1 aliphatic heterocycles. The molecule has 4 heterocycles. The van der Waals surface area contributed by atoms with Crippen LogP contribution < -0.4 is 10.6 Å². The zero-order chi connectivity index (χ0) is 16.4. The number of piperidine rings is 1. The monoisotopic (exact) mass is 341 g/mol. The molecule has 3 aromatic rings. The number of H-pyrrole nitrogens is 1. The normalized spacial score (nSPS) is 17.9. The van der Waals surface area contributed by atoms with Crippen molar-refractivity contribution in [2.75, 3.05) is 13.1 Å². The number of carbonyl (C=O) groups excluding carboxylic acids is 1. The summed E-state index contributed by atoms with van der Waals surface area (Å²) in [5, 5.41) is 8.46. The van der Waals surface area contributed by atoms with Gasteiger partial charge in [-0.15, -0.1) is 11.3 Å². The summed E-state index contributed by atoms with van der Waals surface area (Å²) >= 11 is 1.60. The molecule has 0 spiro atoms. The maximum absolute atomic E-state index is 12.6. The van der Waals surface area contributed by atoms with Crippen LogP contribution in [0.1, 0.15) is 29.6 Å². The van der Waals surface area contributed by atoms with E-state index in [1.165, 1.54) is 12.8 Å². The molecule has 1 unspecified atom stereocenters. The first-order valence-electron chi connectivity index (χ1n) is 8.21. The van der Waals surface area contributed by atoms with Crippen molar-refractivity contribution in [3.63, 3.8) is 0 Å². The molecule has 0 aromatic carbocycles. The molecule has 1 aliphatic rings. The van der Waals surface area contributed by atoms with Crippen LogP contribution in [0, 0.1) is 0 Å². The number of rotatable bonds is 4. The van der Waals surface area contributed by atoms with Crippen molar-refractivity contribution in [1.82, 2.24) is 25.6 Å². The van der Waals surface area contributed by atoms with Gasteiger partial charge in [-0.05, 0) is 36.9 Å². The molecule has 0 saturated carbocycles. The highest BCUT2D eigenvalue weighted by molar-refractivity contribution is 7.13. The number of fused-ring (bicyclic) bond motifs is 1. The number of nitrogens with zero attached hydrogens (tertiary/aromatic N) is 2. The van der Waals surface area contributed by atoms with Crippen molar-refractivity contribution in [2.24, 2.45) is 0 Å². The van der Waals surface area contributed by atoms with Crippen molar-refractivity contribution in [3.05, 3.63) is 35.3 Å². The Hall–Kier alpha value is -2.25. The predicted octanol–water partition coefficient (Wildman–Crippen LogP) is 2.56. The van der Waals surface area contributed by atoms with E-state index >= 15 is 0 Å². The minimum absolute atomic E-state index is 0.0981. The predicted molar refractivity (Wildman–Crippen MR) is 95.2 cm³/mol. The summed E-state index contributed by atoms with van der Waals surface area (Å²) in [4.78, 5) is 25.7. The van der Waals surface area contributed by atoms with Crippen molar-refractivity contribution in [3.8, 4) is 10.7 Å². The van der Waals surface area contributed by atoms with E-state index in [4.69, 9.17) is 0 Å². The van der Waals surface area contributed by atoms with Crippen LogP contribution in [0.3, 0.4) is 0 Å². The highest BCUT2D eigenvalue weighted by Gasteiger charge is 2.18. The van der Waals surface area contributed by atoms with E-state index in [0.717, 1.165) is 23.7 Å². The Morgan fingerprint density at radius 3 is 3.12 bits per heavy atom. The van der Waals surface area contributed by atoms with E-state index in [0.29, 0.717) is 29.3 Å². The van der Waals surface area contributed by atoms with Gasteiger partial charge in [0.05, 0.1) is 10.4 Å². The van der Waals surface area contributed by atoms with Gasteiger partial charge in [0.25, 0.3) is 5.91 Å². The van der Waals surface area contributed by atoms with E-state index in [1.54, 1.807) is 23.6 Å². The van der Waals surface area contributed by atoms with Gasteiger partial charge in [-0.1, -0.05) is 12.5 Å². The minimum Gasteiger partial charge on any atom is -0.350 e.